The number of nitrogens with one attached hydrogen (secondary N) is 1. The van der Waals surface area contributed by atoms with Gasteiger partial charge in [0.05, 0.1) is 0 Å². The van der Waals surface area contributed by atoms with Crippen molar-refractivity contribution in [1.82, 2.24) is 5.32 Å². The van der Waals surface area contributed by atoms with Crippen molar-refractivity contribution < 1.29 is 4.74 Å². The van der Waals surface area contributed by atoms with Crippen LogP contribution in [0, 0.1) is 0 Å². The van der Waals surface area contributed by atoms with Gasteiger partial charge in [-0.3, -0.25) is 0 Å². The van der Waals surface area contributed by atoms with E-state index in [1.807, 2.05) is 12.1 Å². The Labute approximate surface area is 133 Å². The first-order valence-electron chi connectivity index (χ1n) is 7.71. The van der Waals surface area contributed by atoms with Crippen LogP contribution in [0.4, 0.5) is 5.69 Å². The van der Waals surface area contributed by atoms with Crippen molar-refractivity contribution in [2.45, 2.75) is 51.7 Å². The number of halogens is 1. The maximum Gasteiger partial charge on any atom is 0.0485 e. The molecular formula is C17H27ClN2O. The Balaban J connectivity index is 2.19. The third-order valence-corrected chi connectivity index (χ3v) is 4.36. The van der Waals surface area contributed by atoms with Gasteiger partial charge in [0.15, 0.2) is 0 Å². The molecule has 0 aromatic heterocycles. The second-order valence-electron chi connectivity index (χ2n) is 6.80. The zero-order valence-corrected chi connectivity index (χ0v) is 14.3. The van der Waals surface area contributed by atoms with E-state index in [2.05, 4.69) is 44.1 Å². The van der Waals surface area contributed by atoms with E-state index in [1.54, 1.807) is 0 Å². The first kappa shape index (κ1) is 16.6. The summed E-state index contributed by atoms with van der Waals surface area (Å²) >= 11 is 6.45. The molecule has 21 heavy (non-hydrogen) atoms. The van der Waals surface area contributed by atoms with Crippen molar-refractivity contribution in [3.05, 3.63) is 28.8 Å². The van der Waals surface area contributed by atoms with E-state index in [0.717, 1.165) is 37.6 Å². The van der Waals surface area contributed by atoms with Crippen LogP contribution in [0.25, 0.3) is 0 Å². The average Bonchev–Trinajstić information content (AvgIpc) is 2.45. The van der Waals surface area contributed by atoms with E-state index < -0.39 is 0 Å². The van der Waals surface area contributed by atoms with Crippen LogP contribution in [0.15, 0.2) is 18.2 Å². The minimum Gasteiger partial charge on any atom is -0.381 e. The number of hydrogen-bond donors (Lipinski definition) is 1. The second kappa shape index (κ2) is 6.99. The summed E-state index contributed by atoms with van der Waals surface area (Å²) in [4.78, 5) is 2.37. The summed E-state index contributed by atoms with van der Waals surface area (Å²) in [6, 6.07) is 6.71. The van der Waals surface area contributed by atoms with Gasteiger partial charge in [-0.25, -0.2) is 0 Å². The standard InChI is InChI=1S/C17H27ClN2O/c1-17(2,3)19-12-14-15(18)6-5-7-16(14)20(4)13-8-10-21-11-9-13/h5-7,13,19H,8-12H2,1-4H3. The van der Waals surface area contributed by atoms with E-state index in [1.165, 1.54) is 11.3 Å². The van der Waals surface area contributed by atoms with Gasteiger partial charge in [0.2, 0.25) is 0 Å². The predicted molar refractivity (Wildman–Crippen MR) is 90.3 cm³/mol. The fourth-order valence-corrected chi connectivity index (χ4v) is 2.91. The van der Waals surface area contributed by atoms with Crippen molar-refractivity contribution in [2.75, 3.05) is 25.2 Å². The molecule has 118 valence electrons. The van der Waals surface area contributed by atoms with Crippen molar-refractivity contribution >= 4 is 17.3 Å². The molecule has 0 amide bonds. The summed E-state index contributed by atoms with van der Waals surface area (Å²) in [7, 11) is 2.17. The van der Waals surface area contributed by atoms with Gasteiger partial charge in [0, 0.05) is 54.7 Å². The number of benzene rings is 1. The van der Waals surface area contributed by atoms with Crippen LogP contribution in [-0.4, -0.2) is 31.8 Å². The lowest BCUT2D eigenvalue weighted by atomic mass is 10.0. The van der Waals surface area contributed by atoms with Gasteiger partial charge in [-0.15, -0.1) is 0 Å². The Kier molecular flexibility index (Phi) is 5.53. The molecule has 0 unspecified atom stereocenters. The van der Waals surface area contributed by atoms with Gasteiger partial charge in [-0.2, -0.15) is 0 Å². The molecule has 0 atom stereocenters. The molecule has 1 heterocycles. The Morgan fingerprint density at radius 1 is 1.29 bits per heavy atom. The molecule has 0 radical (unpaired) electrons. The van der Waals surface area contributed by atoms with Crippen LogP contribution in [0.3, 0.4) is 0 Å². The van der Waals surface area contributed by atoms with Crippen LogP contribution >= 0.6 is 11.6 Å². The summed E-state index contributed by atoms with van der Waals surface area (Å²) in [5.41, 5.74) is 2.49. The minimum absolute atomic E-state index is 0.0771. The van der Waals surface area contributed by atoms with Crippen LogP contribution in [0.5, 0.6) is 0 Å². The highest BCUT2D eigenvalue weighted by molar-refractivity contribution is 6.31. The molecule has 3 nitrogen and oxygen atoms in total. The molecule has 1 N–H and O–H groups in total. The summed E-state index contributed by atoms with van der Waals surface area (Å²) < 4.78 is 5.47. The van der Waals surface area contributed by atoms with E-state index >= 15 is 0 Å². The molecule has 1 fully saturated rings. The fraction of sp³-hybridized carbons (Fsp3) is 0.647. The predicted octanol–water partition coefficient (Wildman–Crippen LogP) is 3.84. The van der Waals surface area contributed by atoms with Crippen LogP contribution < -0.4 is 10.2 Å². The highest BCUT2D eigenvalue weighted by Gasteiger charge is 2.22. The van der Waals surface area contributed by atoms with Gasteiger partial charge in [-0.1, -0.05) is 17.7 Å². The molecule has 0 saturated carbocycles. The first-order valence-corrected chi connectivity index (χ1v) is 8.09. The lowest BCUT2D eigenvalue weighted by Crippen LogP contribution is -2.39. The highest BCUT2D eigenvalue weighted by Crippen LogP contribution is 2.30. The van der Waals surface area contributed by atoms with Gasteiger partial charge in [0.1, 0.15) is 0 Å². The first-order chi connectivity index (χ1) is 9.88. The van der Waals surface area contributed by atoms with Crippen molar-refractivity contribution in [1.29, 1.82) is 0 Å². The lowest BCUT2D eigenvalue weighted by Gasteiger charge is -2.35. The molecular weight excluding hydrogens is 284 g/mol. The van der Waals surface area contributed by atoms with Crippen LogP contribution in [0.1, 0.15) is 39.2 Å². The summed E-state index contributed by atoms with van der Waals surface area (Å²) in [5, 5.41) is 4.38. The molecule has 4 heteroatoms. The van der Waals surface area contributed by atoms with Gasteiger partial charge in [0.25, 0.3) is 0 Å². The highest BCUT2D eigenvalue weighted by atomic mass is 35.5. The van der Waals surface area contributed by atoms with Crippen LogP contribution in [0.2, 0.25) is 5.02 Å². The quantitative estimate of drug-likeness (QED) is 0.914. The van der Waals surface area contributed by atoms with E-state index in [0.29, 0.717) is 6.04 Å². The minimum atomic E-state index is 0.0771. The normalized spacial score (nSPS) is 17.0. The van der Waals surface area contributed by atoms with Crippen molar-refractivity contribution in [3.8, 4) is 0 Å². The summed E-state index contributed by atoms with van der Waals surface area (Å²) in [5.74, 6) is 0. The van der Waals surface area contributed by atoms with E-state index in [9.17, 15) is 0 Å². The van der Waals surface area contributed by atoms with E-state index in [4.69, 9.17) is 16.3 Å². The Morgan fingerprint density at radius 3 is 2.57 bits per heavy atom. The molecule has 0 spiro atoms. The average molecular weight is 311 g/mol. The van der Waals surface area contributed by atoms with Crippen LogP contribution in [-0.2, 0) is 11.3 Å². The molecule has 1 aliphatic rings. The summed E-state index contributed by atoms with van der Waals surface area (Å²) in [6.45, 7) is 9.01. The van der Waals surface area contributed by atoms with Gasteiger partial charge in [-0.05, 0) is 45.7 Å². The SMILES string of the molecule is CN(c1cccc(Cl)c1CNC(C)(C)C)C1CCOCC1. The topological polar surface area (TPSA) is 24.5 Å². The van der Waals surface area contributed by atoms with Crippen molar-refractivity contribution in [2.24, 2.45) is 0 Å². The zero-order chi connectivity index (χ0) is 15.5. The summed E-state index contributed by atoms with van der Waals surface area (Å²) in [6.07, 6.45) is 2.16. The monoisotopic (exact) mass is 310 g/mol. The molecule has 1 aliphatic heterocycles. The lowest BCUT2D eigenvalue weighted by molar-refractivity contribution is 0.0854. The van der Waals surface area contributed by atoms with Crippen molar-refractivity contribution in [3.63, 3.8) is 0 Å². The molecule has 2 rings (SSSR count). The molecule has 0 bridgehead atoms. The van der Waals surface area contributed by atoms with Gasteiger partial charge >= 0.3 is 0 Å². The number of ether oxygens (including phenoxy) is 1. The smallest absolute Gasteiger partial charge is 0.0485 e. The second-order valence-corrected chi connectivity index (χ2v) is 7.20. The molecule has 1 aromatic carbocycles. The molecule has 1 aromatic rings. The molecule has 0 aliphatic carbocycles. The fourth-order valence-electron chi connectivity index (χ4n) is 2.68. The third kappa shape index (κ3) is 4.60. The molecule has 1 saturated heterocycles. The zero-order valence-electron chi connectivity index (χ0n) is 13.6. The Hall–Kier alpha value is -0.770. The maximum absolute atomic E-state index is 6.45. The maximum atomic E-state index is 6.45. The van der Waals surface area contributed by atoms with Gasteiger partial charge < -0.3 is 15.0 Å². The third-order valence-electron chi connectivity index (χ3n) is 4.01. The Bertz CT molecular complexity index is 464. The van der Waals surface area contributed by atoms with E-state index in [-0.39, 0.29) is 5.54 Å². The largest absolute Gasteiger partial charge is 0.381 e. The number of nitrogens with zero attached hydrogens (tertiary/aromatic N) is 1. The number of anilines is 1. The number of hydrogen-bond acceptors (Lipinski definition) is 3. The Morgan fingerprint density at radius 2 is 1.95 bits per heavy atom. The number of rotatable bonds is 4.